The maximum absolute atomic E-state index is 13.4. The molecular formula is C25H32ClN3O3S. The Kier molecular flexibility index (Phi) is 7.85. The van der Waals surface area contributed by atoms with Crippen LogP contribution in [0.5, 0.6) is 0 Å². The number of anilines is 1. The van der Waals surface area contributed by atoms with Gasteiger partial charge >= 0.3 is 0 Å². The summed E-state index contributed by atoms with van der Waals surface area (Å²) in [5.41, 5.74) is 4.84. The van der Waals surface area contributed by atoms with Crippen LogP contribution in [0.2, 0.25) is 5.02 Å². The lowest BCUT2D eigenvalue weighted by molar-refractivity contribution is -0.119. The van der Waals surface area contributed by atoms with Gasteiger partial charge in [-0.25, -0.2) is 13.8 Å². The van der Waals surface area contributed by atoms with Gasteiger partial charge in [0, 0.05) is 10.7 Å². The number of hydrazone groups is 1. The number of carbonyl (C=O) groups excluding carboxylic acids is 1. The topological polar surface area (TPSA) is 78.8 Å². The molecular weight excluding hydrogens is 458 g/mol. The van der Waals surface area contributed by atoms with Crippen LogP contribution < -0.4 is 9.73 Å². The second-order valence-corrected chi connectivity index (χ2v) is 11.9. The highest BCUT2D eigenvalue weighted by Crippen LogP contribution is 2.36. The fraction of sp³-hybridized carbons (Fsp3) is 0.440. The van der Waals surface area contributed by atoms with Crippen molar-refractivity contribution in [3.63, 3.8) is 0 Å². The van der Waals surface area contributed by atoms with E-state index in [0.717, 1.165) is 35.7 Å². The van der Waals surface area contributed by atoms with Crippen LogP contribution in [0.25, 0.3) is 0 Å². The Balaban J connectivity index is 1.79. The van der Waals surface area contributed by atoms with Gasteiger partial charge in [-0.1, -0.05) is 50.6 Å². The predicted molar refractivity (Wildman–Crippen MR) is 134 cm³/mol. The summed E-state index contributed by atoms with van der Waals surface area (Å²) in [5, 5.41) is 4.81. The summed E-state index contributed by atoms with van der Waals surface area (Å²) in [5.74, 6) is 0.140. The molecule has 0 heterocycles. The normalized spacial score (nSPS) is 16.9. The Morgan fingerprint density at radius 3 is 2.33 bits per heavy atom. The Morgan fingerprint density at radius 1 is 1.12 bits per heavy atom. The smallest absolute Gasteiger partial charge is 0.264 e. The highest BCUT2D eigenvalue weighted by atomic mass is 35.5. The van der Waals surface area contributed by atoms with E-state index in [1.807, 2.05) is 0 Å². The first-order valence-electron chi connectivity index (χ1n) is 11.2. The lowest BCUT2D eigenvalue weighted by atomic mass is 9.72. The number of nitrogens with one attached hydrogen (secondary N) is 1. The van der Waals surface area contributed by atoms with Crippen molar-refractivity contribution in [1.82, 2.24) is 5.43 Å². The minimum atomic E-state index is -3.97. The molecule has 1 aliphatic carbocycles. The van der Waals surface area contributed by atoms with E-state index in [9.17, 15) is 13.2 Å². The predicted octanol–water partition coefficient (Wildman–Crippen LogP) is 5.55. The first-order chi connectivity index (χ1) is 15.5. The number of carbonyl (C=O) groups is 1. The van der Waals surface area contributed by atoms with E-state index in [4.69, 9.17) is 11.6 Å². The van der Waals surface area contributed by atoms with Crippen molar-refractivity contribution in [2.45, 2.75) is 58.3 Å². The molecule has 0 saturated heterocycles. The number of benzene rings is 2. The number of nitrogens with zero attached hydrogens (tertiary/aromatic N) is 2. The van der Waals surface area contributed by atoms with Crippen molar-refractivity contribution >= 4 is 38.9 Å². The number of hydrogen-bond donors (Lipinski definition) is 1. The molecule has 2 aromatic carbocycles. The van der Waals surface area contributed by atoms with E-state index in [-0.39, 0.29) is 16.9 Å². The number of hydrogen-bond acceptors (Lipinski definition) is 4. The zero-order valence-corrected chi connectivity index (χ0v) is 21.2. The van der Waals surface area contributed by atoms with Crippen molar-refractivity contribution in [3.05, 3.63) is 59.1 Å². The molecule has 0 unspecified atom stereocenters. The Labute approximate surface area is 202 Å². The summed E-state index contributed by atoms with van der Waals surface area (Å²) >= 11 is 6.07. The number of rotatable bonds is 6. The molecule has 0 aromatic heterocycles. The molecule has 1 aliphatic rings. The van der Waals surface area contributed by atoms with E-state index in [1.165, 1.54) is 12.1 Å². The maximum Gasteiger partial charge on any atom is 0.264 e. The maximum atomic E-state index is 13.4. The number of amides is 1. The van der Waals surface area contributed by atoms with E-state index in [0.29, 0.717) is 22.2 Å². The third kappa shape index (κ3) is 6.36. The molecule has 0 bridgehead atoms. The summed E-state index contributed by atoms with van der Waals surface area (Å²) in [6.45, 7) is 8.13. The molecule has 3 rings (SSSR count). The average molecular weight is 490 g/mol. The summed E-state index contributed by atoms with van der Waals surface area (Å²) in [6.07, 6.45) is 3.75. The molecule has 1 fully saturated rings. The number of aryl methyl sites for hydroxylation is 1. The van der Waals surface area contributed by atoms with E-state index in [1.54, 1.807) is 43.3 Å². The summed E-state index contributed by atoms with van der Waals surface area (Å²) in [6, 6.07) is 13.0. The van der Waals surface area contributed by atoms with Crippen LogP contribution in [-0.2, 0) is 14.8 Å². The van der Waals surface area contributed by atoms with E-state index >= 15 is 0 Å². The standard InChI is InChI=1S/C25H32ClN3O3S/c1-18-16-20(26)12-15-23(18)29(33(31,32)22-8-6-5-7-9-22)17-24(30)28-27-21-13-10-19(11-14-21)25(2,3)4/h5-9,12,15-16,19H,10-11,13-14,17H2,1-4H3,(H,28,30). The molecule has 0 atom stereocenters. The van der Waals surface area contributed by atoms with Gasteiger partial charge in [-0.2, -0.15) is 5.10 Å². The van der Waals surface area contributed by atoms with Gasteiger partial charge in [0.1, 0.15) is 6.54 Å². The summed E-state index contributed by atoms with van der Waals surface area (Å²) < 4.78 is 27.9. The molecule has 0 radical (unpaired) electrons. The largest absolute Gasteiger partial charge is 0.271 e. The molecule has 8 heteroatoms. The molecule has 6 nitrogen and oxygen atoms in total. The van der Waals surface area contributed by atoms with Crippen molar-refractivity contribution in [2.75, 3.05) is 10.8 Å². The molecule has 178 valence electrons. The van der Waals surface area contributed by atoms with Crippen LogP contribution in [0.1, 0.15) is 52.0 Å². The van der Waals surface area contributed by atoms with Crippen molar-refractivity contribution in [3.8, 4) is 0 Å². The van der Waals surface area contributed by atoms with E-state index < -0.39 is 15.9 Å². The Bertz CT molecular complexity index is 1120. The van der Waals surface area contributed by atoms with Crippen LogP contribution >= 0.6 is 11.6 Å². The molecule has 1 N–H and O–H groups in total. The van der Waals surface area contributed by atoms with Gasteiger partial charge in [0.25, 0.3) is 15.9 Å². The second kappa shape index (κ2) is 10.3. The molecule has 2 aromatic rings. The molecule has 0 aliphatic heterocycles. The third-order valence-corrected chi connectivity index (χ3v) is 8.18. The zero-order chi connectivity index (χ0) is 24.2. The highest BCUT2D eigenvalue weighted by molar-refractivity contribution is 7.92. The molecule has 1 amide bonds. The summed E-state index contributed by atoms with van der Waals surface area (Å²) in [7, 11) is -3.97. The molecule has 33 heavy (non-hydrogen) atoms. The molecule has 0 spiro atoms. The number of halogens is 1. The van der Waals surface area contributed by atoms with Crippen LogP contribution in [0.15, 0.2) is 58.5 Å². The lowest BCUT2D eigenvalue weighted by Crippen LogP contribution is -2.40. The second-order valence-electron chi connectivity index (χ2n) is 9.61. The van der Waals surface area contributed by atoms with Gasteiger partial charge in [0.05, 0.1) is 10.6 Å². The summed E-state index contributed by atoms with van der Waals surface area (Å²) in [4.78, 5) is 12.9. The van der Waals surface area contributed by atoms with Crippen molar-refractivity contribution in [1.29, 1.82) is 0 Å². The van der Waals surface area contributed by atoms with Crippen LogP contribution in [-0.4, -0.2) is 26.6 Å². The minimum Gasteiger partial charge on any atom is -0.271 e. The van der Waals surface area contributed by atoms with Gasteiger partial charge in [0.15, 0.2) is 0 Å². The Morgan fingerprint density at radius 2 is 1.76 bits per heavy atom. The van der Waals surface area contributed by atoms with Crippen molar-refractivity contribution < 1.29 is 13.2 Å². The quantitative estimate of drug-likeness (QED) is 0.540. The first kappa shape index (κ1) is 25.2. The zero-order valence-electron chi connectivity index (χ0n) is 19.6. The van der Waals surface area contributed by atoms with Gasteiger partial charge in [-0.3, -0.25) is 9.10 Å². The van der Waals surface area contributed by atoms with Gasteiger partial charge in [-0.15, -0.1) is 0 Å². The van der Waals surface area contributed by atoms with Gasteiger partial charge in [-0.05, 0) is 79.8 Å². The van der Waals surface area contributed by atoms with Crippen molar-refractivity contribution in [2.24, 2.45) is 16.4 Å². The van der Waals surface area contributed by atoms with Gasteiger partial charge < -0.3 is 0 Å². The highest BCUT2D eigenvalue weighted by Gasteiger charge is 2.30. The minimum absolute atomic E-state index is 0.110. The fourth-order valence-corrected chi connectivity index (χ4v) is 5.89. The third-order valence-electron chi connectivity index (χ3n) is 6.17. The van der Waals surface area contributed by atoms with Crippen LogP contribution in [0.4, 0.5) is 5.69 Å². The SMILES string of the molecule is Cc1cc(Cl)ccc1N(CC(=O)NN=C1CCC(C(C)(C)C)CC1)S(=O)(=O)c1ccccc1. The molecule has 1 saturated carbocycles. The fourth-order valence-electron chi connectivity index (χ4n) is 4.15. The monoisotopic (exact) mass is 489 g/mol. The van der Waals surface area contributed by atoms with Crippen LogP contribution in [0.3, 0.4) is 0 Å². The van der Waals surface area contributed by atoms with Gasteiger partial charge in [0.2, 0.25) is 0 Å². The van der Waals surface area contributed by atoms with E-state index in [2.05, 4.69) is 31.3 Å². The average Bonchev–Trinajstić information content (AvgIpc) is 2.77. The lowest BCUT2D eigenvalue weighted by Gasteiger charge is -2.34. The Hall–Kier alpha value is -2.38. The van der Waals surface area contributed by atoms with Crippen LogP contribution in [0, 0.1) is 18.3 Å². The number of sulfonamides is 1. The first-order valence-corrected chi connectivity index (χ1v) is 13.0.